The number of fused-ring (bicyclic) bond motifs is 7. The van der Waals surface area contributed by atoms with Gasteiger partial charge in [-0.2, -0.15) is 0 Å². The van der Waals surface area contributed by atoms with Gasteiger partial charge in [0.1, 0.15) is 0 Å². The molecule has 3 nitrogen and oxygen atoms in total. The molecule has 33 heavy (non-hydrogen) atoms. The van der Waals surface area contributed by atoms with Gasteiger partial charge in [0.05, 0.1) is 11.5 Å². The highest BCUT2D eigenvalue weighted by Crippen LogP contribution is 2.74. The first kappa shape index (κ1) is 23.9. The van der Waals surface area contributed by atoms with Gasteiger partial charge < -0.3 is 10.2 Å². The molecule has 0 aliphatic heterocycles. The van der Waals surface area contributed by atoms with E-state index in [2.05, 4.69) is 47.6 Å². The first-order valence-corrected chi connectivity index (χ1v) is 13.8. The summed E-state index contributed by atoms with van der Waals surface area (Å²) in [4.78, 5) is 12.2. The van der Waals surface area contributed by atoms with Crippen molar-refractivity contribution in [3.8, 4) is 0 Å². The van der Waals surface area contributed by atoms with Gasteiger partial charge in [-0.1, -0.05) is 53.2 Å². The van der Waals surface area contributed by atoms with Crippen LogP contribution in [0.15, 0.2) is 11.6 Å². The number of aliphatic hydroxyl groups is 1. The Morgan fingerprint density at radius 2 is 1.52 bits per heavy atom. The summed E-state index contributed by atoms with van der Waals surface area (Å²) in [6, 6.07) is 0. The Kier molecular flexibility index (Phi) is 5.15. The number of carbonyl (C=O) groups is 1. The number of aliphatic carboxylic acids is 1. The lowest BCUT2D eigenvalue weighted by Gasteiger charge is -2.69. The smallest absolute Gasteiger partial charge is 0.309 e. The zero-order valence-electron chi connectivity index (χ0n) is 22.2. The predicted molar refractivity (Wildman–Crippen MR) is 133 cm³/mol. The molecule has 0 aromatic rings. The molecule has 186 valence electrons. The highest BCUT2D eigenvalue weighted by molar-refractivity contribution is 5.74. The maximum absolute atomic E-state index is 12.2. The van der Waals surface area contributed by atoms with Crippen LogP contribution in [0.3, 0.4) is 0 Å². The Bertz CT molecular complexity index is 874. The van der Waals surface area contributed by atoms with E-state index in [0.29, 0.717) is 29.6 Å². The average Bonchev–Trinajstić information content (AvgIpc) is 2.72. The minimum Gasteiger partial charge on any atom is -0.481 e. The van der Waals surface area contributed by atoms with Crippen LogP contribution in [-0.4, -0.2) is 22.3 Å². The summed E-state index contributed by atoms with van der Waals surface area (Å²) >= 11 is 0. The summed E-state index contributed by atoms with van der Waals surface area (Å²) in [7, 11) is 0. The van der Waals surface area contributed by atoms with Crippen molar-refractivity contribution in [3.05, 3.63) is 11.6 Å². The van der Waals surface area contributed by atoms with Crippen LogP contribution in [0.25, 0.3) is 0 Å². The first-order chi connectivity index (χ1) is 15.2. The van der Waals surface area contributed by atoms with Crippen molar-refractivity contribution >= 4 is 5.97 Å². The van der Waals surface area contributed by atoms with E-state index in [1.54, 1.807) is 5.57 Å². The summed E-state index contributed by atoms with van der Waals surface area (Å²) < 4.78 is 0. The van der Waals surface area contributed by atoms with Gasteiger partial charge in [0.2, 0.25) is 0 Å². The van der Waals surface area contributed by atoms with E-state index in [-0.39, 0.29) is 27.8 Å². The van der Waals surface area contributed by atoms with Gasteiger partial charge in [-0.3, -0.25) is 4.79 Å². The summed E-state index contributed by atoms with van der Waals surface area (Å²) in [5.74, 6) is 2.30. The standard InChI is InChI=1S/C30H48O3/c1-18-16-23-28(5,20-17-27(4,25(32)33)12-8-19(18)20)13-10-22-29(6)15-11-24(31)26(2,3)21(29)9-14-30(22,23)7/h16,18-22,24,31H,8-15,17H2,1-7H3,(H,32,33)/t18-,19+,20+,21-,22+,24+,27+,28-,29-,30+/m0/s1. The molecule has 0 saturated heterocycles. The van der Waals surface area contributed by atoms with E-state index < -0.39 is 11.4 Å². The number of carboxylic acid groups (broad SMARTS) is 1. The molecule has 5 aliphatic rings. The normalized spacial score (nSPS) is 55.3. The molecule has 0 radical (unpaired) electrons. The Hall–Kier alpha value is -0.830. The van der Waals surface area contributed by atoms with Crippen LogP contribution in [0.1, 0.15) is 106 Å². The third-order valence-electron chi connectivity index (χ3n) is 12.9. The van der Waals surface area contributed by atoms with Gasteiger partial charge in [0.15, 0.2) is 0 Å². The number of rotatable bonds is 1. The lowest BCUT2D eigenvalue weighted by molar-refractivity contribution is -0.183. The maximum atomic E-state index is 12.2. The van der Waals surface area contributed by atoms with Crippen LogP contribution in [0.5, 0.6) is 0 Å². The zero-order valence-corrected chi connectivity index (χ0v) is 22.2. The first-order valence-electron chi connectivity index (χ1n) is 13.8. The lowest BCUT2D eigenvalue weighted by Crippen LogP contribution is -2.63. The van der Waals surface area contributed by atoms with Gasteiger partial charge in [-0.15, -0.1) is 0 Å². The molecule has 0 unspecified atom stereocenters. The van der Waals surface area contributed by atoms with E-state index in [9.17, 15) is 15.0 Å². The number of carboxylic acids is 1. The van der Waals surface area contributed by atoms with Crippen molar-refractivity contribution in [1.29, 1.82) is 0 Å². The van der Waals surface area contributed by atoms with Crippen LogP contribution in [0, 0.1) is 56.7 Å². The number of hydrogen-bond donors (Lipinski definition) is 2. The van der Waals surface area contributed by atoms with E-state index in [1.165, 1.54) is 25.7 Å². The second-order valence-corrected chi connectivity index (χ2v) is 14.7. The van der Waals surface area contributed by atoms with Crippen LogP contribution in [0.2, 0.25) is 0 Å². The molecule has 5 rings (SSSR count). The summed E-state index contributed by atoms with van der Waals surface area (Å²) in [5.41, 5.74) is 1.72. The van der Waals surface area contributed by atoms with Crippen molar-refractivity contribution in [3.63, 3.8) is 0 Å². The molecule has 4 saturated carbocycles. The fourth-order valence-corrected chi connectivity index (χ4v) is 10.8. The predicted octanol–water partition coefficient (Wildman–Crippen LogP) is 7.09. The minimum absolute atomic E-state index is 0.0128. The minimum atomic E-state index is -0.593. The van der Waals surface area contributed by atoms with E-state index in [1.807, 2.05) is 6.92 Å². The monoisotopic (exact) mass is 456 g/mol. The molecule has 0 amide bonds. The molecule has 0 heterocycles. The number of aliphatic hydroxyl groups excluding tert-OH is 1. The summed E-state index contributed by atoms with van der Waals surface area (Å²) in [6.45, 7) is 16.7. The van der Waals surface area contributed by atoms with Crippen LogP contribution in [-0.2, 0) is 4.79 Å². The molecule has 3 heteroatoms. The van der Waals surface area contributed by atoms with Crippen molar-refractivity contribution in [2.24, 2.45) is 56.7 Å². The van der Waals surface area contributed by atoms with Crippen LogP contribution < -0.4 is 0 Å². The highest BCUT2D eigenvalue weighted by atomic mass is 16.4. The van der Waals surface area contributed by atoms with E-state index in [0.717, 1.165) is 32.1 Å². The summed E-state index contributed by atoms with van der Waals surface area (Å²) in [6.07, 6.45) is 12.2. The lowest BCUT2D eigenvalue weighted by atomic mass is 9.35. The topological polar surface area (TPSA) is 57.5 Å². The quantitative estimate of drug-likeness (QED) is 0.414. The Morgan fingerprint density at radius 1 is 0.879 bits per heavy atom. The Labute approximate surface area is 201 Å². The van der Waals surface area contributed by atoms with E-state index in [4.69, 9.17) is 0 Å². The fraction of sp³-hybridized carbons (Fsp3) is 0.900. The largest absolute Gasteiger partial charge is 0.481 e. The average molecular weight is 457 g/mol. The SMILES string of the molecule is C[C@H]1C=C2[C@]3(C)CC[C@H]4C(C)(C)[C@H](O)CC[C@]4(C)[C@H]3CC[C@@]2(C)[C@@H]2C[C@](C)(C(=O)O)CC[C@@H]21. The fourth-order valence-electron chi connectivity index (χ4n) is 10.8. The van der Waals surface area contributed by atoms with Gasteiger partial charge in [0.25, 0.3) is 0 Å². The third kappa shape index (κ3) is 2.99. The van der Waals surface area contributed by atoms with Crippen LogP contribution in [0.4, 0.5) is 0 Å². The molecular formula is C30H48O3. The molecule has 10 atom stereocenters. The van der Waals surface area contributed by atoms with Crippen molar-refractivity contribution in [2.75, 3.05) is 0 Å². The van der Waals surface area contributed by atoms with Crippen molar-refractivity contribution < 1.29 is 15.0 Å². The molecule has 0 aromatic heterocycles. The number of allylic oxidation sites excluding steroid dienone is 2. The number of hydrogen-bond acceptors (Lipinski definition) is 2. The molecule has 2 N–H and O–H groups in total. The molecule has 0 aromatic carbocycles. The van der Waals surface area contributed by atoms with Gasteiger partial charge in [-0.05, 0) is 116 Å². The Balaban J connectivity index is 1.55. The molecule has 5 aliphatic carbocycles. The molecule has 0 spiro atoms. The molecule has 0 bridgehead atoms. The second kappa shape index (κ2) is 7.11. The molecule has 4 fully saturated rings. The summed E-state index contributed by atoms with van der Waals surface area (Å²) in [5, 5.41) is 20.9. The third-order valence-corrected chi connectivity index (χ3v) is 12.9. The second-order valence-electron chi connectivity index (χ2n) is 14.7. The Morgan fingerprint density at radius 3 is 2.18 bits per heavy atom. The van der Waals surface area contributed by atoms with Crippen molar-refractivity contribution in [2.45, 2.75) is 112 Å². The van der Waals surface area contributed by atoms with Gasteiger partial charge in [-0.25, -0.2) is 0 Å². The van der Waals surface area contributed by atoms with Gasteiger partial charge >= 0.3 is 5.97 Å². The van der Waals surface area contributed by atoms with Crippen LogP contribution >= 0.6 is 0 Å². The maximum Gasteiger partial charge on any atom is 0.309 e. The van der Waals surface area contributed by atoms with E-state index >= 15 is 0 Å². The zero-order chi connectivity index (χ0) is 24.2. The van der Waals surface area contributed by atoms with Crippen molar-refractivity contribution in [1.82, 2.24) is 0 Å². The van der Waals surface area contributed by atoms with Gasteiger partial charge in [0, 0.05) is 0 Å². The highest BCUT2D eigenvalue weighted by Gasteiger charge is 2.66. The molecular weight excluding hydrogens is 408 g/mol.